The molecule has 0 aliphatic carbocycles. The molecule has 0 fully saturated rings. The molecular weight excluding hydrogens is 320 g/mol. The first-order valence-corrected chi connectivity index (χ1v) is 7.68. The van der Waals surface area contributed by atoms with E-state index in [0.717, 1.165) is 43.7 Å². The number of rotatable bonds is 10. The fourth-order valence-electron chi connectivity index (χ4n) is 2.07. The summed E-state index contributed by atoms with van der Waals surface area (Å²) in [5, 5.41) is 3.17. The van der Waals surface area contributed by atoms with Crippen LogP contribution in [0, 0.1) is 0 Å². The van der Waals surface area contributed by atoms with Gasteiger partial charge in [0.2, 0.25) is 0 Å². The van der Waals surface area contributed by atoms with Crippen molar-refractivity contribution in [2.24, 2.45) is 0 Å². The molecule has 0 unspecified atom stereocenters. The second-order valence-corrected chi connectivity index (χ2v) is 5.50. The molecule has 0 saturated heterocycles. The summed E-state index contributed by atoms with van der Waals surface area (Å²) in [4.78, 5) is 2.33. The van der Waals surface area contributed by atoms with Gasteiger partial charge in [0.15, 0.2) is 0 Å². The number of hydrogen-bond acceptors (Lipinski definition) is 4. The maximum atomic E-state index is 5.20. The maximum absolute atomic E-state index is 5.20. The number of benzene rings is 1. The minimum Gasteiger partial charge on any atom is -0.385 e. The van der Waals surface area contributed by atoms with Crippen molar-refractivity contribution in [2.75, 3.05) is 52.5 Å². The van der Waals surface area contributed by atoms with E-state index in [9.17, 15) is 0 Å². The lowest BCUT2D eigenvalue weighted by Crippen LogP contribution is -2.29. The predicted molar refractivity (Wildman–Crippen MR) is 87.5 cm³/mol. The molecule has 1 aromatic carbocycles. The Labute approximate surface area is 130 Å². The Balaban J connectivity index is 2.77. The van der Waals surface area contributed by atoms with Crippen molar-refractivity contribution in [2.45, 2.75) is 13.0 Å². The molecular formula is C15H25BrN2O2. The van der Waals surface area contributed by atoms with Gasteiger partial charge in [-0.2, -0.15) is 0 Å². The second kappa shape index (κ2) is 10.2. The van der Waals surface area contributed by atoms with Gasteiger partial charge in [-0.1, -0.05) is 6.07 Å². The van der Waals surface area contributed by atoms with Crippen LogP contribution in [0.25, 0.3) is 0 Å². The highest BCUT2D eigenvalue weighted by Gasteiger charge is 2.10. The standard InChI is InChI=1S/C15H25BrN2O2/c1-17-12-13-5-6-15(14(16)11-13)18(8-10-20-3)7-4-9-19-2/h5-6,11,17H,4,7-10,12H2,1-3H3. The van der Waals surface area contributed by atoms with Gasteiger partial charge >= 0.3 is 0 Å². The molecule has 4 nitrogen and oxygen atoms in total. The molecule has 1 rings (SSSR count). The molecule has 0 amide bonds. The summed E-state index contributed by atoms with van der Waals surface area (Å²) in [5.41, 5.74) is 2.48. The molecule has 20 heavy (non-hydrogen) atoms. The summed E-state index contributed by atoms with van der Waals surface area (Å²) in [6.45, 7) is 4.21. The Morgan fingerprint density at radius 3 is 2.50 bits per heavy atom. The van der Waals surface area contributed by atoms with Gasteiger partial charge in [0.25, 0.3) is 0 Å². The number of nitrogens with one attached hydrogen (secondary N) is 1. The molecule has 5 heteroatoms. The molecule has 1 N–H and O–H groups in total. The average Bonchev–Trinajstić information content (AvgIpc) is 2.44. The fraction of sp³-hybridized carbons (Fsp3) is 0.600. The first-order chi connectivity index (χ1) is 9.72. The number of halogens is 1. The van der Waals surface area contributed by atoms with Crippen LogP contribution >= 0.6 is 15.9 Å². The van der Waals surface area contributed by atoms with Crippen molar-refractivity contribution in [1.29, 1.82) is 0 Å². The molecule has 0 heterocycles. The van der Waals surface area contributed by atoms with Crippen LogP contribution in [0.2, 0.25) is 0 Å². The molecule has 0 aromatic heterocycles. The van der Waals surface area contributed by atoms with Crippen molar-refractivity contribution >= 4 is 21.6 Å². The zero-order chi connectivity index (χ0) is 14.8. The molecule has 0 aliphatic heterocycles. The maximum Gasteiger partial charge on any atom is 0.0637 e. The molecule has 0 bridgehead atoms. The van der Waals surface area contributed by atoms with E-state index in [1.54, 1.807) is 14.2 Å². The molecule has 0 atom stereocenters. The van der Waals surface area contributed by atoms with Crippen LogP contribution in [0.1, 0.15) is 12.0 Å². The first kappa shape index (κ1) is 17.4. The lowest BCUT2D eigenvalue weighted by atomic mass is 10.2. The van der Waals surface area contributed by atoms with Crippen LogP contribution in [0.5, 0.6) is 0 Å². The topological polar surface area (TPSA) is 33.7 Å². The minimum absolute atomic E-state index is 0.720. The zero-order valence-corrected chi connectivity index (χ0v) is 14.2. The van der Waals surface area contributed by atoms with E-state index in [2.05, 4.69) is 44.3 Å². The van der Waals surface area contributed by atoms with Gasteiger partial charge < -0.3 is 19.7 Å². The monoisotopic (exact) mass is 344 g/mol. The van der Waals surface area contributed by atoms with E-state index in [0.29, 0.717) is 0 Å². The highest BCUT2D eigenvalue weighted by Crippen LogP contribution is 2.27. The van der Waals surface area contributed by atoms with Gasteiger partial charge in [-0.05, 0) is 47.1 Å². The summed E-state index contributed by atoms with van der Waals surface area (Å²) >= 11 is 3.68. The molecule has 114 valence electrons. The Bertz CT molecular complexity index is 388. The van der Waals surface area contributed by atoms with Gasteiger partial charge in [-0.3, -0.25) is 0 Å². The third-order valence-electron chi connectivity index (χ3n) is 3.08. The van der Waals surface area contributed by atoms with E-state index in [1.807, 2.05) is 7.05 Å². The van der Waals surface area contributed by atoms with Crippen LogP contribution in [0.3, 0.4) is 0 Å². The van der Waals surface area contributed by atoms with Gasteiger partial charge in [-0.15, -0.1) is 0 Å². The van der Waals surface area contributed by atoms with E-state index in [4.69, 9.17) is 9.47 Å². The number of ether oxygens (including phenoxy) is 2. The van der Waals surface area contributed by atoms with Crippen LogP contribution < -0.4 is 10.2 Å². The third-order valence-corrected chi connectivity index (χ3v) is 3.71. The summed E-state index contributed by atoms with van der Waals surface area (Å²) < 4.78 is 11.5. The molecule has 1 aromatic rings. The Morgan fingerprint density at radius 1 is 1.15 bits per heavy atom. The lowest BCUT2D eigenvalue weighted by molar-refractivity contribution is 0.191. The van der Waals surface area contributed by atoms with Gasteiger partial charge in [0.05, 0.1) is 12.3 Å². The summed E-state index contributed by atoms with van der Waals surface area (Å²) in [5.74, 6) is 0. The minimum atomic E-state index is 0.720. The second-order valence-electron chi connectivity index (χ2n) is 4.64. The van der Waals surface area contributed by atoms with E-state index in [1.165, 1.54) is 11.3 Å². The van der Waals surface area contributed by atoms with Crippen LogP contribution in [-0.2, 0) is 16.0 Å². The lowest BCUT2D eigenvalue weighted by Gasteiger charge is -2.26. The number of hydrogen-bond donors (Lipinski definition) is 1. The molecule has 0 aliphatic rings. The van der Waals surface area contributed by atoms with Gasteiger partial charge in [0.1, 0.15) is 0 Å². The SMILES string of the molecule is CNCc1ccc(N(CCCOC)CCOC)c(Br)c1. The highest BCUT2D eigenvalue weighted by atomic mass is 79.9. The van der Waals surface area contributed by atoms with Crippen molar-refractivity contribution in [1.82, 2.24) is 5.32 Å². The highest BCUT2D eigenvalue weighted by molar-refractivity contribution is 9.10. The average molecular weight is 345 g/mol. The largest absolute Gasteiger partial charge is 0.385 e. The molecule has 0 saturated carbocycles. The Hall–Kier alpha value is -0.620. The van der Waals surface area contributed by atoms with Crippen LogP contribution in [-0.4, -0.2) is 47.6 Å². The van der Waals surface area contributed by atoms with Crippen molar-refractivity contribution < 1.29 is 9.47 Å². The first-order valence-electron chi connectivity index (χ1n) is 6.88. The van der Waals surface area contributed by atoms with Gasteiger partial charge in [0, 0.05) is 44.9 Å². The van der Waals surface area contributed by atoms with Crippen molar-refractivity contribution in [3.63, 3.8) is 0 Å². The number of anilines is 1. The number of nitrogens with zero attached hydrogens (tertiary/aromatic N) is 1. The zero-order valence-electron chi connectivity index (χ0n) is 12.6. The smallest absolute Gasteiger partial charge is 0.0637 e. The normalized spacial score (nSPS) is 10.8. The summed E-state index contributed by atoms with van der Waals surface area (Å²) in [7, 11) is 5.43. The fourth-order valence-corrected chi connectivity index (χ4v) is 2.75. The summed E-state index contributed by atoms with van der Waals surface area (Å²) in [6.07, 6.45) is 1.00. The van der Waals surface area contributed by atoms with Crippen molar-refractivity contribution in [3.8, 4) is 0 Å². The van der Waals surface area contributed by atoms with E-state index < -0.39 is 0 Å². The number of methoxy groups -OCH3 is 2. The predicted octanol–water partition coefficient (Wildman–Crippen LogP) is 2.66. The summed E-state index contributed by atoms with van der Waals surface area (Å²) in [6, 6.07) is 6.49. The van der Waals surface area contributed by atoms with Crippen LogP contribution in [0.15, 0.2) is 22.7 Å². The van der Waals surface area contributed by atoms with E-state index >= 15 is 0 Å². The third kappa shape index (κ3) is 5.79. The Kier molecular flexibility index (Phi) is 8.85. The molecule has 0 spiro atoms. The Morgan fingerprint density at radius 2 is 1.90 bits per heavy atom. The van der Waals surface area contributed by atoms with E-state index in [-0.39, 0.29) is 0 Å². The quantitative estimate of drug-likeness (QED) is 0.661. The van der Waals surface area contributed by atoms with Crippen LogP contribution in [0.4, 0.5) is 5.69 Å². The van der Waals surface area contributed by atoms with Crippen molar-refractivity contribution in [3.05, 3.63) is 28.2 Å². The van der Waals surface area contributed by atoms with Gasteiger partial charge in [-0.25, -0.2) is 0 Å². The molecule has 0 radical (unpaired) electrons.